The standard InChI is InChI=1S/C27H40O5S/c1-23(2,3)22(31)33-15-20(30)27(32)12-9-19-25(5)10-7-16-13-17(28)8-11-24(16,4)21(25)18(29)14-26(19,27)6/h13,18-19,21,29,32H,7-12,14-15H2,1-6H3/t18-,19-,21+,24-,25-,26-,27-/m0/s1. The van der Waals surface area contributed by atoms with Crippen LogP contribution in [0.4, 0.5) is 0 Å². The molecule has 2 N–H and O–H groups in total. The Labute approximate surface area is 202 Å². The van der Waals surface area contributed by atoms with Gasteiger partial charge < -0.3 is 10.2 Å². The smallest absolute Gasteiger partial charge is 0.194 e. The molecule has 0 aromatic carbocycles. The molecule has 0 radical (unpaired) electrons. The first kappa shape index (κ1) is 25.1. The van der Waals surface area contributed by atoms with Gasteiger partial charge in [-0.1, -0.05) is 58.9 Å². The Morgan fingerprint density at radius 2 is 1.79 bits per heavy atom. The average molecular weight is 477 g/mol. The molecule has 3 fully saturated rings. The molecule has 0 unspecified atom stereocenters. The van der Waals surface area contributed by atoms with Crippen molar-refractivity contribution in [2.75, 3.05) is 5.75 Å². The zero-order chi connectivity index (χ0) is 24.6. The van der Waals surface area contributed by atoms with Crippen molar-refractivity contribution in [3.8, 4) is 0 Å². The number of carbonyl (C=O) groups excluding carboxylic acids is 3. The first-order valence-electron chi connectivity index (χ1n) is 12.4. The van der Waals surface area contributed by atoms with Crippen LogP contribution in [-0.2, 0) is 14.4 Å². The fraction of sp³-hybridized carbons (Fsp3) is 0.815. The highest BCUT2D eigenvalue weighted by Gasteiger charge is 2.71. The number of ketones is 2. The molecular formula is C27H40O5S. The second-order valence-corrected chi connectivity index (χ2v) is 13.9. The van der Waals surface area contributed by atoms with Gasteiger partial charge in [-0.2, -0.15) is 0 Å². The van der Waals surface area contributed by atoms with Gasteiger partial charge in [-0.25, -0.2) is 0 Å². The number of hydrogen-bond acceptors (Lipinski definition) is 6. The fourth-order valence-electron chi connectivity index (χ4n) is 8.32. The van der Waals surface area contributed by atoms with Crippen LogP contribution >= 0.6 is 11.8 Å². The van der Waals surface area contributed by atoms with Gasteiger partial charge in [0, 0.05) is 17.3 Å². The molecule has 5 nitrogen and oxygen atoms in total. The number of rotatable bonds is 3. The summed E-state index contributed by atoms with van der Waals surface area (Å²) in [5.41, 5.74) is -2.08. The number of carbonyl (C=O) groups is 3. The monoisotopic (exact) mass is 476 g/mol. The molecule has 0 aromatic heterocycles. The van der Waals surface area contributed by atoms with Crippen molar-refractivity contribution in [1.82, 2.24) is 0 Å². The molecule has 184 valence electrons. The van der Waals surface area contributed by atoms with Crippen LogP contribution in [0.3, 0.4) is 0 Å². The minimum atomic E-state index is -1.53. The van der Waals surface area contributed by atoms with Crippen LogP contribution in [0.2, 0.25) is 0 Å². The summed E-state index contributed by atoms with van der Waals surface area (Å²) in [6.45, 7) is 11.9. The molecule has 3 saturated carbocycles. The number of aliphatic hydroxyl groups excluding tert-OH is 1. The van der Waals surface area contributed by atoms with E-state index in [0.717, 1.165) is 37.4 Å². The Bertz CT molecular complexity index is 918. The maximum absolute atomic E-state index is 13.4. The topological polar surface area (TPSA) is 91.7 Å². The van der Waals surface area contributed by atoms with E-state index in [1.165, 1.54) is 5.57 Å². The fourth-order valence-corrected chi connectivity index (χ4v) is 9.26. The highest BCUT2D eigenvalue weighted by atomic mass is 32.2. The van der Waals surface area contributed by atoms with Gasteiger partial charge >= 0.3 is 0 Å². The number of aliphatic hydroxyl groups is 2. The third-order valence-corrected chi connectivity index (χ3v) is 11.3. The van der Waals surface area contributed by atoms with E-state index in [4.69, 9.17) is 0 Å². The van der Waals surface area contributed by atoms with Gasteiger partial charge in [0.1, 0.15) is 5.60 Å². The Morgan fingerprint density at radius 3 is 2.42 bits per heavy atom. The van der Waals surface area contributed by atoms with Crippen LogP contribution in [-0.4, -0.2) is 44.4 Å². The van der Waals surface area contributed by atoms with Crippen molar-refractivity contribution in [2.24, 2.45) is 33.5 Å². The summed E-state index contributed by atoms with van der Waals surface area (Å²) in [6.07, 6.45) is 5.61. The largest absolute Gasteiger partial charge is 0.393 e. The minimum Gasteiger partial charge on any atom is -0.393 e. The number of Topliss-reactive ketones (excluding diaryl/α,β-unsaturated/α-hetero) is 1. The third-order valence-electron chi connectivity index (χ3n) is 10.0. The van der Waals surface area contributed by atoms with E-state index in [-0.39, 0.29) is 45.1 Å². The van der Waals surface area contributed by atoms with Gasteiger partial charge in [-0.15, -0.1) is 0 Å². The molecule has 6 heteroatoms. The lowest BCUT2D eigenvalue weighted by molar-refractivity contribution is -0.205. The van der Waals surface area contributed by atoms with Crippen molar-refractivity contribution in [3.05, 3.63) is 11.6 Å². The normalized spacial score (nSPS) is 45.0. The minimum absolute atomic E-state index is 0.00507. The highest BCUT2D eigenvalue weighted by molar-refractivity contribution is 8.14. The Kier molecular flexibility index (Phi) is 5.91. The van der Waals surface area contributed by atoms with Gasteiger partial charge in [-0.05, 0) is 67.3 Å². The molecule has 0 saturated heterocycles. The zero-order valence-electron chi connectivity index (χ0n) is 21.0. The Morgan fingerprint density at radius 1 is 1.12 bits per heavy atom. The van der Waals surface area contributed by atoms with Crippen molar-refractivity contribution >= 4 is 28.4 Å². The van der Waals surface area contributed by atoms with Gasteiger partial charge in [0.15, 0.2) is 16.7 Å². The quantitative estimate of drug-likeness (QED) is 0.624. The molecule has 4 aliphatic rings. The van der Waals surface area contributed by atoms with Gasteiger partial charge in [-0.3, -0.25) is 14.4 Å². The lowest BCUT2D eigenvalue weighted by Gasteiger charge is -2.65. The lowest BCUT2D eigenvalue weighted by atomic mass is 9.40. The predicted molar refractivity (Wildman–Crippen MR) is 130 cm³/mol. The average Bonchev–Trinajstić information content (AvgIpc) is 2.97. The summed E-state index contributed by atoms with van der Waals surface area (Å²) in [5.74, 6) is -0.0190. The van der Waals surface area contributed by atoms with Crippen molar-refractivity contribution in [1.29, 1.82) is 0 Å². The molecule has 0 amide bonds. The van der Waals surface area contributed by atoms with Gasteiger partial charge in [0.2, 0.25) is 0 Å². The van der Waals surface area contributed by atoms with Crippen LogP contribution in [0.1, 0.15) is 86.5 Å². The maximum atomic E-state index is 13.4. The lowest BCUT2D eigenvalue weighted by Crippen LogP contribution is -2.65. The van der Waals surface area contributed by atoms with Crippen molar-refractivity contribution in [2.45, 2.75) is 98.2 Å². The number of allylic oxidation sites excluding steroid dienone is 1. The Balaban J connectivity index is 1.64. The second-order valence-electron chi connectivity index (χ2n) is 12.9. The maximum Gasteiger partial charge on any atom is 0.194 e. The van der Waals surface area contributed by atoms with Crippen molar-refractivity contribution in [3.63, 3.8) is 0 Å². The first-order chi connectivity index (χ1) is 15.1. The summed E-state index contributed by atoms with van der Waals surface area (Å²) in [7, 11) is 0. The highest BCUT2D eigenvalue weighted by Crippen LogP contribution is 2.72. The van der Waals surface area contributed by atoms with E-state index in [0.29, 0.717) is 19.3 Å². The summed E-state index contributed by atoms with van der Waals surface area (Å²) < 4.78 is 0. The summed E-state index contributed by atoms with van der Waals surface area (Å²) in [4.78, 5) is 37.9. The number of fused-ring (bicyclic) bond motifs is 5. The van der Waals surface area contributed by atoms with E-state index in [2.05, 4.69) is 13.8 Å². The molecule has 7 atom stereocenters. The van der Waals surface area contributed by atoms with Crippen LogP contribution < -0.4 is 0 Å². The van der Waals surface area contributed by atoms with E-state index in [1.54, 1.807) is 0 Å². The SMILES string of the molecule is CC(C)(C)C(=O)SCC(=O)[C@@]1(O)CC[C@H]2[C@]3(C)CCC4=CC(=O)CC[C@]4(C)[C@H]3[C@@H](O)C[C@@]21C. The van der Waals surface area contributed by atoms with Gasteiger partial charge in [0.05, 0.1) is 11.9 Å². The summed E-state index contributed by atoms with van der Waals surface area (Å²) in [6, 6.07) is 0. The molecule has 0 bridgehead atoms. The molecule has 4 aliphatic carbocycles. The molecule has 4 rings (SSSR count). The van der Waals surface area contributed by atoms with E-state index in [1.807, 2.05) is 33.8 Å². The summed E-state index contributed by atoms with van der Waals surface area (Å²) in [5, 5.41) is 23.4. The molecule has 0 aromatic rings. The van der Waals surface area contributed by atoms with Crippen molar-refractivity contribution < 1.29 is 24.6 Å². The Hall–Kier alpha value is -0.980. The van der Waals surface area contributed by atoms with Crippen LogP contribution in [0.5, 0.6) is 0 Å². The van der Waals surface area contributed by atoms with E-state index < -0.39 is 22.5 Å². The molecule has 0 aliphatic heterocycles. The number of thioether (sulfide) groups is 1. The predicted octanol–water partition coefficient (Wildman–Crippen LogP) is 4.49. The summed E-state index contributed by atoms with van der Waals surface area (Å²) >= 11 is 1.00. The first-order valence-corrected chi connectivity index (χ1v) is 13.4. The third kappa shape index (κ3) is 3.53. The van der Waals surface area contributed by atoms with Crippen LogP contribution in [0, 0.1) is 33.5 Å². The van der Waals surface area contributed by atoms with E-state index >= 15 is 0 Å². The zero-order valence-corrected chi connectivity index (χ0v) is 21.8. The van der Waals surface area contributed by atoms with Crippen LogP contribution in [0.25, 0.3) is 0 Å². The molecule has 33 heavy (non-hydrogen) atoms. The van der Waals surface area contributed by atoms with E-state index in [9.17, 15) is 24.6 Å². The second kappa shape index (κ2) is 7.76. The molecular weight excluding hydrogens is 436 g/mol. The van der Waals surface area contributed by atoms with Gasteiger partial charge in [0.25, 0.3) is 0 Å². The molecule has 0 spiro atoms. The van der Waals surface area contributed by atoms with Crippen LogP contribution in [0.15, 0.2) is 11.6 Å². The number of hydrogen-bond donors (Lipinski definition) is 2. The molecule has 0 heterocycles.